The van der Waals surface area contributed by atoms with Gasteiger partial charge < -0.3 is 20.3 Å². The van der Waals surface area contributed by atoms with Crippen LogP contribution in [0.1, 0.15) is 277 Å². The molecular formula is C53H101NO5. The molecule has 59 heavy (non-hydrogen) atoms. The van der Waals surface area contributed by atoms with Gasteiger partial charge in [-0.1, -0.05) is 212 Å². The topological polar surface area (TPSA) is 95.9 Å². The number of rotatable bonds is 48. The molecule has 0 radical (unpaired) electrons. The van der Waals surface area contributed by atoms with Crippen LogP contribution in [0.3, 0.4) is 0 Å². The monoisotopic (exact) mass is 832 g/mol. The Hall–Kier alpha value is -1.66. The summed E-state index contributed by atoms with van der Waals surface area (Å²) in [6, 6.07) is -0.548. The van der Waals surface area contributed by atoms with Crippen LogP contribution < -0.4 is 5.32 Å². The number of carbonyl (C=O) groups excluding carboxylic acids is 2. The van der Waals surface area contributed by atoms with Gasteiger partial charge in [-0.2, -0.15) is 0 Å². The van der Waals surface area contributed by atoms with E-state index in [0.717, 1.165) is 57.8 Å². The van der Waals surface area contributed by atoms with Crippen molar-refractivity contribution in [2.24, 2.45) is 0 Å². The van der Waals surface area contributed by atoms with Crippen LogP contribution >= 0.6 is 0 Å². The zero-order valence-corrected chi connectivity index (χ0v) is 39.5. The number of amides is 1. The fraction of sp³-hybridized carbons (Fsp3) is 0.887. The molecule has 0 heterocycles. The van der Waals surface area contributed by atoms with Crippen molar-refractivity contribution in [1.29, 1.82) is 0 Å². The summed E-state index contributed by atoms with van der Waals surface area (Å²) in [6.45, 7) is 4.90. The molecule has 3 N–H and O–H groups in total. The fourth-order valence-corrected chi connectivity index (χ4v) is 7.92. The van der Waals surface area contributed by atoms with E-state index in [2.05, 4.69) is 43.5 Å². The molecule has 0 aliphatic heterocycles. The van der Waals surface area contributed by atoms with Gasteiger partial charge in [0, 0.05) is 12.8 Å². The molecule has 0 aliphatic carbocycles. The van der Waals surface area contributed by atoms with E-state index in [1.165, 1.54) is 186 Å². The van der Waals surface area contributed by atoms with E-state index < -0.39 is 12.1 Å². The van der Waals surface area contributed by atoms with E-state index in [9.17, 15) is 19.8 Å². The van der Waals surface area contributed by atoms with Gasteiger partial charge in [-0.25, -0.2) is 0 Å². The summed E-state index contributed by atoms with van der Waals surface area (Å²) in [5.74, 6) is -0.0597. The summed E-state index contributed by atoms with van der Waals surface area (Å²) >= 11 is 0. The van der Waals surface area contributed by atoms with Gasteiger partial charge in [0.15, 0.2) is 0 Å². The van der Waals surface area contributed by atoms with Crippen molar-refractivity contribution in [3.05, 3.63) is 24.3 Å². The van der Waals surface area contributed by atoms with E-state index in [4.69, 9.17) is 4.74 Å². The average molecular weight is 832 g/mol. The highest BCUT2D eigenvalue weighted by atomic mass is 16.5. The molecule has 0 aromatic carbocycles. The predicted octanol–water partition coefficient (Wildman–Crippen LogP) is 15.5. The molecule has 1 amide bonds. The molecule has 0 saturated heterocycles. The number of esters is 1. The van der Waals surface area contributed by atoms with E-state index >= 15 is 0 Å². The highest BCUT2D eigenvalue weighted by molar-refractivity contribution is 5.76. The van der Waals surface area contributed by atoms with E-state index in [1.54, 1.807) is 0 Å². The van der Waals surface area contributed by atoms with Gasteiger partial charge >= 0.3 is 5.97 Å². The third-order valence-corrected chi connectivity index (χ3v) is 12.0. The van der Waals surface area contributed by atoms with Crippen LogP contribution in [0.2, 0.25) is 0 Å². The smallest absolute Gasteiger partial charge is 0.305 e. The summed E-state index contributed by atoms with van der Waals surface area (Å²) in [4.78, 5) is 24.4. The molecule has 0 aromatic heterocycles. The van der Waals surface area contributed by atoms with Gasteiger partial charge in [0.1, 0.15) is 0 Å². The largest absolute Gasteiger partial charge is 0.466 e. The second-order valence-corrected chi connectivity index (χ2v) is 17.8. The molecule has 0 fully saturated rings. The van der Waals surface area contributed by atoms with Crippen LogP contribution in [0.4, 0.5) is 0 Å². The Morgan fingerprint density at radius 2 is 0.797 bits per heavy atom. The van der Waals surface area contributed by atoms with E-state index in [0.29, 0.717) is 25.9 Å². The lowest BCUT2D eigenvalue weighted by Crippen LogP contribution is -2.45. The minimum Gasteiger partial charge on any atom is -0.466 e. The number of allylic oxidation sites excluding steroid dienone is 4. The highest BCUT2D eigenvalue weighted by Gasteiger charge is 2.20. The summed E-state index contributed by atoms with van der Waals surface area (Å²) in [5, 5.41) is 23.1. The van der Waals surface area contributed by atoms with E-state index in [1.807, 2.05) is 0 Å². The molecule has 0 rings (SSSR count). The van der Waals surface area contributed by atoms with Crippen molar-refractivity contribution in [3.63, 3.8) is 0 Å². The summed E-state index contributed by atoms with van der Waals surface area (Å²) in [5.41, 5.74) is 0. The molecule has 0 spiro atoms. The summed E-state index contributed by atoms with van der Waals surface area (Å²) < 4.78 is 5.46. The molecule has 6 heteroatoms. The summed E-state index contributed by atoms with van der Waals surface area (Å²) in [7, 11) is 0. The zero-order valence-electron chi connectivity index (χ0n) is 39.5. The first-order valence-corrected chi connectivity index (χ1v) is 26.1. The Morgan fingerprint density at radius 3 is 1.20 bits per heavy atom. The molecule has 2 atom stereocenters. The molecule has 0 bridgehead atoms. The van der Waals surface area contributed by atoms with Crippen molar-refractivity contribution < 1.29 is 24.5 Å². The number of ether oxygens (including phenoxy) is 1. The molecule has 0 aliphatic rings. The first-order valence-electron chi connectivity index (χ1n) is 26.1. The zero-order chi connectivity index (χ0) is 43.0. The summed E-state index contributed by atoms with van der Waals surface area (Å²) in [6.07, 6.45) is 57.3. The van der Waals surface area contributed by atoms with Crippen LogP contribution in [0, 0.1) is 0 Å². The molecular weight excluding hydrogens is 731 g/mol. The first kappa shape index (κ1) is 57.3. The van der Waals surface area contributed by atoms with Crippen molar-refractivity contribution in [3.8, 4) is 0 Å². The number of aliphatic hydroxyl groups excluding tert-OH is 2. The molecule has 348 valence electrons. The Balaban J connectivity index is 3.43. The standard InChI is InChI=1S/C53H101NO5/c1-3-5-7-9-11-13-14-15-16-21-24-27-31-35-39-43-47-53(58)59-48-44-40-36-32-28-25-22-19-17-18-20-23-26-30-34-38-42-46-52(57)54-50(49-55)51(56)45-41-37-33-29-12-10-8-6-4-2/h16-17,19,21,50-51,55-56H,3-15,18,20,22-49H2,1-2H3,(H,54,57)/b19-17-,21-16-. The van der Waals surface area contributed by atoms with Crippen LogP contribution in [0.5, 0.6) is 0 Å². The second-order valence-electron chi connectivity index (χ2n) is 17.8. The average Bonchev–Trinajstić information content (AvgIpc) is 3.24. The minimum absolute atomic E-state index is 0.00966. The number of hydrogen-bond acceptors (Lipinski definition) is 5. The lowest BCUT2D eigenvalue weighted by atomic mass is 10.0. The van der Waals surface area contributed by atoms with Gasteiger partial charge in [-0.05, 0) is 77.0 Å². The number of aliphatic hydroxyl groups is 2. The maximum Gasteiger partial charge on any atom is 0.305 e. The van der Waals surface area contributed by atoms with Crippen molar-refractivity contribution in [2.45, 2.75) is 289 Å². The van der Waals surface area contributed by atoms with Crippen LogP contribution in [0.25, 0.3) is 0 Å². The Kier molecular flexibility index (Phi) is 47.6. The Labute approximate surface area is 367 Å². The maximum atomic E-state index is 12.4. The first-order chi connectivity index (χ1) is 29.0. The molecule has 0 saturated carbocycles. The van der Waals surface area contributed by atoms with Gasteiger partial charge in [0.2, 0.25) is 5.91 Å². The van der Waals surface area contributed by atoms with Gasteiger partial charge in [0.25, 0.3) is 0 Å². The third kappa shape index (κ3) is 45.7. The highest BCUT2D eigenvalue weighted by Crippen LogP contribution is 2.15. The van der Waals surface area contributed by atoms with E-state index in [-0.39, 0.29) is 18.5 Å². The van der Waals surface area contributed by atoms with Crippen LogP contribution in [-0.4, -0.2) is 47.4 Å². The Morgan fingerprint density at radius 1 is 0.458 bits per heavy atom. The molecule has 0 aromatic rings. The van der Waals surface area contributed by atoms with Gasteiger partial charge in [0.05, 0.1) is 25.4 Å². The number of hydrogen-bond donors (Lipinski definition) is 3. The normalized spacial score (nSPS) is 12.8. The van der Waals surface area contributed by atoms with Crippen molar-refractivity contribution >= 4 is 11.9 Å². The number of nitrogens with one attached hydrogen (secondary N) is 1. The lowest BCUT2D eigenvalue weighted by molar-refractivity contribution is -0.143. The lowest BCUT2D eigenvalue weighted by Gasteiger charge is -2.22. The number of unbranched alkanes of at least 4 members (excludes halogenated alkanes) is 33. The SMILES string of the molecule is CCCCCCCCC/C=C\CCCCCCCC(=O)OCCCCCCCC/C=C\CCCCCCCCCC(=O)NC(CO)C(O)CCCCCCCCCCC. The van der Waals surface area contributed by atoms with Crippen LogP contribution in [-0.2, 0) is 14.3 Å². The molecule has 6 nitrogen and oxygen atoms in total. The second kappa shape index (κ2) is 49.0. The van der Waals surface area contributed by atoms with Crippen molar-refractivity contribution in [2.75, 3.05) is 13.2 Å². The van der Waals surface area contributed by atoms with Crippen molar-refractivity contribution in [1.82, 2.24) is 5.32 Å². The van der Waals surface area contributed by atoms with Gasteiger partial charge in [-0.3, -0.25) is 9.59 Å². The predicted molar refractivity (Wildman–Crippen MR) is 255 cm³/mol. The Bertz CT molecular complexity index is 920. The fourth-order valence-electron chi connectivity index (χ4n) is 7.92. The quantitative estimate of drug-likeness (QED) is 0.0322. The molecule has 2 unspecified atom stereocenters. The maximum absolute atomic E-state index is 12.4. The minimum atomic E-state index is -0.669. The van der Waals surface area contributed by atoms with Crippen LogP contribution in [0.15, 0.2) is 24.3 Å². The third-order valence-electron chi connectivity index (χ3n) is 12.0. The number of carbonyl (C=O) groups is 2. The van der Waals surface area contributed by atoms with Gasteiger partial charge in [-0.15, -0.1) is 0 Å².